The number of nitrogens with one attached hydrogen (secondary N) is 1. The third-order valence-electron chi connectivity index (χ3n) is 7.56. The summed E-state index contributed by atoms with van der Waals surface area (Å²) >= 11 is 0. The lowest BCUT2D eigenvalue weighted by atomic mass is 9.61. The maximum absolute atomic E-state index is 14.1. The van der Waals surface area contributed by atoms with Gasteiger partial charge in [-0.15, -0.1) is 0 Å². The molecule has 3 amide bonds. The standard InChI is InChI=1S/C23H27F4N3O4/c24-16-9-14(23(25,26)27)1-2-18(16)34-15-10-22(11-15)4-7-29(8-5-22)21(32)30-6-3-19-17(12-30)28-20(31)13-33-19/h1-2,9,15,17,19H,3-8,10-13H2,(H,28,31)/t17-,19+/m1/s1. The monoisotopic (exact) mass is 485 g/mol. The number of carbonyl (C=O) groups excluding carboxylic acids is 2. The van der Waals surface area contributed by atoms with E-state index in [2.05, 4.69) is 5.32 Å². The Morgan fingerprint density at radius 3 is 2.56 bits per heavy atom. The summed E-state index contributed by atoms with van der Waals surface area (Å²) in [6.07, 6.45) is -1.23. The van der Waals surface area contributed by atoms with Gasteiger partial charge in [0, 0.05) is 26.2 Å². The number of morpholine rings is 1. The van der Waals surface area contributed by atoms with Crippen molar-refractivity contribution in [2.24, 2.45) is 5.41 Å². The van der Waals surface area contributed by atoms with Gasteiger partial charge in [0.1, 0.15) is 6.61 Å². The fourth-order valence-electron chi connectivity index (χ4n) is 5.60. The molecule has 34 heavy (non-hydrogen) atoms. The molecule has 3 saturated heterocycles. The average Bonchev–Trinajstić information content (AvgIpc) is 2.78. The van der Waals surface area contributed by atoms with Gasteiger partial charge in [0.25, 0.3) is 0 Å². The van der Waals surface area contributed by atoms with Crippen molar-refractivity contribution in [3.63, 3.8) is 0 Å². The van der Waals surface area contributed by atoms with Crippen LogP contribution in [0.15, 0.2) is 18.2 Å². The third kappa shape index (κ3) is 4.54. The highest BCUT2D eigenvalue weighted by Gasteiger charge is 2.48. The number of carbonyl (C=O) groups is 2. The van der Waals surface area contributed by atoms with Gasteiger partial charge in [-0.05, 0) is 55.7 Å². The highest BCUT2D eigenvalue weighted by atomic mass is 19.4. The van der Waals surface area contributed by atoms with Crippen LogP contribution in [0.2, 0.25) is 0 Å². The zero-order valence-corrected chi connectivity index (χ0v) is 18.6. The van der Waals surface area contributed by atoms with Crippen LogP contribution in [0.25, 0.3) is 0 Å². The number of nitrogens with zero attached hydrogens (tertiary/aromatic N) is 2. The maximum Gasteiger partial charge on any atom is 0.416 e. The molecule has 1 aromatic carbocycles. The lowest BCUT2D eigenvalue weighted by molar-refractivity contribution is -0.140. The van der Waals surface area contributed by atoms with Crippen LogP contribution in [0.3, 0.4) is 0 Å². The van der Waals surface area contributed by atoms with E-state index in [1.165, 1.54) is 0 Å². The van der Waals surface area contributed by atoms with E-state index in [-0.39, 0.29) is 48.0 Å². The second-order valence-corrected chi connectivity index (χ2v) is 9.82. The molecule has 1 spiro atoms. The minimum Gasteiger partial charge on any atom is -0.487 e. The highest BCUT2D eigenvalue weighted by molar-refractivity contribution is 5.79. The molecule has 3 heterocycles. The molecule has 186 valence electrons. The van der Waals surface area contributed by atoms with Gasteiger partial charge >= 0.3 is 12.2 Å². The summed E-state index contributed by atoms with van der Waals surface area (Å²) in [5.74, 6) is -1.34. The Morgan fingerprint density at radius 1 is 1.15 bits per heavy atom. The fourth-order valence-corrected chi connectivity index (χ4v) is 5.60. The van der Waals surface area contributed by atoms with Crippen molar-refractivity contribution in [2.75, 3.05) is 32.8 Å². The zero-order valence-electron chi connectivity index (χ0n) is 18.6. The lowest BCUT2D eigenvalue weighted by Crippen LogP contribution is -2.63. The molecular formula is C23H27F4N3O4. The zero-order chi connectivity index (χ0) is 24.1. The summed E-state index contributed by atoms with van der Waals surface area (Å²) in [6, 6.07) is 2.11. The highest BCUT2D eigenvalue weighted by Crippen LogP contribution is 2.50. The Morgan fingerprint density at radius 2 is 1.88 bits per heavy atom. The van der Waals surface area contributed by atoms with Crippen LogP contribution in [-0.4, -0.2) is 72.8 Å². The summed E-state index contributed by atoms with van der Waals surface area (Å²) in [5, 5.41) is 2.90. The Labute approximate surface area is 194 Å². The van der Waals surface area contributed by atoms with Gasteiger partial charge in [0.15, 0.2) is 11.6 Å². The summed E-state index contributed by atoms with van der Waals surface area (Å²) in [6.45, 7) is 2.30. The molecule has 1 N–H and O–H groups in total. The van der Waals surface area contributed by atoms with Gasteiger partial charge in [-0.25, -0.2) is 9.18 Å². The largest absolute Gasteiger partial charge is 0.487 e. The van der Waals surface area contributed by atoms with E-state index in [0.717, 1.165) is 25.0 Å². The number of piperidine rings is 2. The van der Waals surface area contributed by atoms with E-state index < -0.39 is 17.6 Å². The van der Waals surface area contributed by atoms with Crippen LogP contribution < -0.4 is 10.1 Å². The molecule has 3 aliphatic heterocycles. The number of urea groups is 1. The molecule has 2 atom stereocenters. The first-order valence-corrected chi connectivity index (χ1v) is 11.6. The molecule has 4 aliphatic rings. The first-order valence-electron chi connectivity index (χ1n) is 11.6. The van der Waals surface area contributed by atoms with Crippen molar-refractivity contribution in [2.45, 2.75) is 56.5 Å². The minimum absolute atomic E-state index is 0.0159. The van der Waals surface area contributed by atoms with E-state index in [1.54, 1.807) is 4.90 Å². The predicted molar refractivity (Wildman–Crippen MR) is 112 cm³/mol. The van der Waals surface area contributed by atoms with Gasteiger partial charge in [-0.2, -0.15) is 13.2 Å². The fraction of sp³-hybridized carbons (Fsp3) is 0.652. The molecule has 0 radical (unpaired) electrons. The molecular weight excluding hydrogens is 458 g/mol. The van der Waals surface area contributed by atoms with Crippen molar-refractivity contribution in [3.05, 3.63) is 29.6 Å². The van der Waals surface area contributed by atoms with Crippen molar-refractivity contribution in [3.8, 4) is 5.75 Å². The molecule has 1 aliphatic carbocycles. The van der Waals surface area contributed by atoms with E-state index in [1.807, 2.05) is 4.90 Å². The van der Waals surface area contributed by atoms with Crippen LogP contribution in [-0.2, 0) is 15.7 Å². The number of hydrogen-bond acceptors (Lipinski definition) is 4. The number of likely N-dealkylation sites (tertiary alicyclic amines) is 2. The first kappa shape index (κ1) is 23.2. The Hall–Kier alpha value is -2.56. The van der Waals surface area contributed by atoms with Gasteiger partial charge in [-0.3, -0.25) is 4.79 Å². The van der Waals surface area contributed by atoms with Gasteiger partial charge in [-0.1, -0.05) is 0 Å². The Bertz CT molecular complexity index is 956. The van der Waals surface area contributed by atoms with Crippen LogP contribution in [0.5, 0.6) is 5.75 Å². The summed E-state index contributed by atoms with van der Waals surface area (Å²) in [5.41, 5.74) is -1.02. The quantitative estimate of drug-likeness (QED) is 0.654. The van der Waals surface area contributed by atoms with Crippen molar-refractivity contribution in [1.82, 2.24) is 15.1 Å². The maximum atomic E-state index is 14.1. The van der Waals surface area contributed by atoms with Crippen molar-refractivity contribution >= 4 is 11.9 Å². The summed E-state index contributed by atoms with van der Waals surface area (Å²) in [4.78, 5) is 28.2. The van der Waals surface area contributed by atoms with Gasteiger partial charge in [0.2, 0.25) is 5.91 Å². The number of fused-ring (bicyclic) bond motifs is 1. The second-order valence-electron chi connectivity index (χ2n) is 9.82. The first-order chi connectivity index (χ1) is 16.1. The van der Waals surface area contributed by atoms with Gasteiger partial charge in [0.05, 0.1) is 23.8 Å². The van der Waals surface area contributed by atoms with Crippen LogP contribution >= 0.6 is 0 Å². The number of amides is 3. The number of hydrogen-bond donors (Lipinski definition) is 1. The average molecular weight is 485 g/mol. The molecule has 7 nitrogen and oxygen atoms in total. The van der Waals surface area contributed by atoms with Gasteiger partial charge < -0.3 is 24.6 Å². The number of halogens is 4. The Kier molecular flexibility index (Phi) is 5.86. The van der Waals surface area contributed by atoms with Crippen molar-refractivity contribution in [1.29, 1.82) is 0 Å². The smallest absolute Gasteiger partial charge is 0.416 e. The van der Waals surface area contributed by atoms with E-state index in [9.17, 15) is 27.2 Å². The molecule has 0 bridgehead atoms. The number of rotatable bonds is 2. The topological polar surface area (TPSA) is 71.1 Å². The molecule has 0 unspecified atom stereocenters. The SMILES string of the molecule is O=C1CO[C@H]2CCN(C(=O)N3CCC4(CC3)CC(Oc3ccc(C(F)(F)F)cc3F)C4)C[C@H]2N1. The van der Waals surface area contributed by atoms with Crippen LogP contribution in [0.4, 0.5) is 22.4 Å². The number of alkyl halides is 3. The summed E-state index contributed by atoms with van der Waals surface area (Å²) < 4.78 is 63.4. The molecule has 1 saturated carbocycles. The second kappa shape index (κ2) is 8.58. The van der Waals surface area contributed by atoms with Crippen LogP contribution in [0, 0.1) is 11.2 Å². The van der Waals surface area contributed by atoms with E-state index >= 15 is 0 Å². The van der Waals surface area contributed by atoms with Crippen molar-refractivity contribution < 1.29 is 36.6 Å². The van der Waals surface area contributed by atoms with E-state index in [4.69, 9.17) is 9.47 Å². The Balaban J connectivity index is 1.10. The van der Waals surface area contributed by atoms with Crippen LogP contribution in [0.1, 0.15) is 37.7 Å². The normalized spacial score (nSPS) is 27.1. The molecule has 1 aromatic rings. The predicted octanol–water partition coefficient (Wildman–Crippen LogP) is 3.18. The van der Waals surface area contributed by atoms with E-state index in [0.29, 0.717) is 51.5 Å². The minimum atomic E-state index is -4.60. The molecule has 5 rings (SSSR count). The molecule has 0 aromatic heterocycles. The lowest BCUT2D eigenvalue weighted by Gasteiger charge is -2.52. The number of benzene rings is 1. The number of ether oxygens (including phenoxy) is 2. The molecule has 4 fully saturated rings. The third-order valence-corrected chi connectivity index (χ3v) is 7.56. The molecule has 11 heteroatoms. The summed E-state index contributed by atoms with van der Waals surface area (Å²) in [7, 11) is 0.